The molecule has 3 heterocycles. The van der Waals surface area contributed by atoms with Gasteiger partial charge in [-0.3, -0.25) is 15.0 Å². The summed E-state index contributed by atoms with van der Waals surface area (Å²) in [6.45, 7) is 21.1. The summed E-state index contributed by atoms with van der Waals surface area (Å²) in [5.41, 5.74) is 13.8. The highest BCUT2D eigenvalue weighted by Crippen LogP contribution is 2.16. The van der Waals surface area contributed by atoms with E-state index >= 15 is 0 Å². The Balaban J connectivity index is 0.000000219. The van der Waals surface area contributed by atoms with E-state index in [0.29, 0.717) is 0 Å². The third-order valence-corrected chi connectivity index (χ3v) is 5.54. The van der Waals surface area contributed by atoms with Gasteiger partial charge in [-0.1, -0.05) is 46.6 Å². The molecule has 0 saturated heterocycles. The van der Waals surface area contributed by atoms with E-state index in [4.69, 9.17) is 0 Å². The predicted molar refractivity (Wildman–Crippen MR) is 159 cm³/mol. The van der Waals surface area contributed by atoms with Gasteiger partial charge >= 0.3 is 0 Å². The van der Waals surface area contributed by atoms with Crippen molar-refractivity contribution in [1.29, 1.82) is 0 Å². The number of rotatable bonds is 0. The Bertz CT molecular complexity index is 767. The SMILES string of the molecule is CC1=CC=C(C)C1.CC1=CC=C(C)C1.CC1=CN=C(C)C1.CC1=CN=C(C)C1.CC1=CN=C(C)C1. The number of hydrogen-bond acceptors (Lipinski definition) is 3. The minimum Gasteiger partial charge on any atom is -0.266 e. The average Bonchev–Trinajstić information content (AvgIpc) is 3.59. The van der Waals surface area contributed by atoms with Crippen molar-refractivity contribution in [2.45, 2.75) is 101 Å². The van der Waals surface area contributed by atoms with Gasteiger partial charge in [0.25, 0.3) is 0 Å². The van der Waals surface area contributed by atoms with Gasteiger partial charge in [-0.15, -0.1) is 0 Å². The summed E-state index contributed by atoms with van der Waals surface area (Å²) in [5, 5.41) is 0. The van der Waals surface area contributed by atoms with Crippen LogP contribution in [0.25, 0.3) is 0 Å². The number of nitrogens with zero attached hydrogens (tertiary/aromatic N) is 3. The highest BCUT2D eigenvalue weighted by atomic mass is 14.7. The van der Waals surface area contributed by atoms with Crippen molar-refractivity contribution in [2.75, 3.05) is 0 Å². The molecule has 0 bridgehead atoms. The molecule has 3 nitrogen and oxygen atoms in total. The summed E-state index contributed by atoms with van der Waals surface area (Å²) in [4.78, 5) is 12.2. The molecule has 3 heteroatoms. The number of hydrogen-bond donors (Lipinski definition) is 0. The molecule has 0 fully saturated rings. The second kappa shape index (κ2) is 16.0. The molecule has 0 aromatic carbocycles. The fourth-order valence-corrected chi connectivity index (χ4v) is 3.83. The summed E-state index contributed by atoms with van der Waals surface area (Å²) in [6, 6.07) is 0. The second-order valence-electron chi connectivity index (χ2n) is 10.5. The highest BCUT2D eigenvalue weighted by molar-refractivity contribution is 5.87. The third-order valence-electron chi connectivity index (χ3n) is 5.54. The van der Waals surface area contributed by atoms with Crippen LogP contribution in [0.15, 0.2) is 96.9 Å². The lowest BCUT2D eigenvalue weighted by Crippen LogP contribution is -1.82. The van der Waals surface area contributed by atoms with Crippen LogP contribution in [0.2, 0.25) is 0 Å². The normalized spacial score (nSPS) is 19.1. The summed E-state index contributed by atoms with van der Waals surface area (Å²) in [6.07, 6.45) is 20.1. The summed E-state index contributed by atoms with van der Waals surface area (Å²) < 4.78 is 0. The molecule has 5 aliphatic rings. The van der Waals surface area contributed by atoms with Gasteiger partial charge in [0, 0.05) is 55.0 Å². The van der Waals surface area contributed by atoms with E-state index in [-0.39, 0.29) is 0 Å². The van der Waals surface area contributed by atoms with Crippen molar-refractivity contribution in [1.82, 2.24) is 0 Å². The van der Waals surface area contributed by atoms with E-state index in [2.05, 4.69) is 87.7 Å². The fourth-order valence-electron chi connectivity index (χ4n) is 3.83. The Morgan fingerprint density at radius 1 is 0.343 bits per heavy atom. The van der Waals surface area contributed by atoms with Crippen LogP contribution in [-0.4, -0.2) is 17.1 Å². The second-order valence-corrected chi connectivity index (χ2v) is 10.5. The van der Waals surface area contributed by atoms with Gasteiger partial charge in [0.15, 0.2) is 0 Å². The zero-order valence-electron chi connectivity index (χ0n) is 23.9. The fraction of sp³-hybridized carbons (Fsp3) is 0.469. The zero-order valence-corrected chi connectivity index (χ0v) is 23.9. The van der Waals surface area contributed by atoms with Crippen LogP contribution in [0.1, 0.15) is 101 Å². The maximum Gasteiger partial charge on any atom is 0.0260 e. The number of allylic oxidation sites excluding steroid dienone is 11. The van der Waals surface area contributed by atoms with Gasteiger partial charge in [0.05, 0.1) is 0 Å². The lowest BCUT2D eigenvalue weighted by atomic mass is 10.2. The van der Waals surface area contributed by atoms with Gasteiger partial charge < -0.3 is 0 Å². The molecule has 0 spiro atoms. The Labute approximate surface area is 215 Å². The quantitative estimate of drug-likeness (QED) is 0.336. The Hall–Kier alpha value is -2.81. The van der Waals surface area contributed by atoms with Crippen LogP contribution in [0.4, 0.5) is 0 Å². The lowest BCUT2D eigenvalue weighted by molar-refractivity contribution is 1.15. The monoisotopic (exact) mass is 473 g/mol. The maximum atomic E-state index is 4.07. The molecule has 0 amide bonds. The lowest BCUT2D eigenvalue weighted by Gasteiger charge is -1.87. The Morgan fingerprint density at radius 3 is 0.629 bits per heavy atom. The van der Waals surface area contributed by atoms with E-state index in [1.165, 1.54) is 69.0 Å². The summed E-state index contributed by atoms with van der Waals surface area (Å²) in [5.74, 6) is 0. The smallest absolute Gasteiger partial charge is 0.0260 e. The molecule has 0 unspecified atom stereocenters. The number of aliphatic imine (C=N–C) groups is 3. The first-order chi connectivity index (χ1) is 16.4. The summed E-state index contributed by atoms with van der Waals surface area (Å²) in [7, 11) is 0. The van der Waals surface area contributed by atoms with Crippen LogP contribution in [0.3, 0.4) is 0 Å². The standard InChI is InChI=1S/2C7H10.3C6H9N/c2*1-6-3-4-7(2)5-6;3*1-5-3-6(2)7-4-5/h2*3-4H,5H2,1-2H3;3*4H,3H2,1-2H3. The molecule has 0 saturated carbocycles. The van der Waals surface area contributed by atoms with Crippen molar-refractivity contribution < 1.29 is 0 Å². The van der Waals surface area contributed by atoms with Crippen molar-refractivity contribution in [2.24, 2.45) is 15.0 Å². The van der Waals surface area contributed by atoms with E-state index in [0.717, 1.165) is 19.3 Å². The molecule has 5 rings (SSSR count). The molecule has 3 aliphatic heterocycles. The van der Waals surface area contributed by atoms with Gasteiger partial charge in [0.1, 0.15) is 0 Å². The van der Waals surface area contributed by atoms with Gasteiger partial charge in [-0.2, -0.15) is 0 Å². The summed E-state index contributed by atoms with van der Waals surface area (Å²) >= 11 is 0. The predicted octanol–water partition coefficient (Wildman–Crippen LogP) is 9.83. The van der Waals surface area contributed by atoms with Crippen molar-refractivity contribution in [3.05, 3.63) is 81.9 Å². The molecule has 0 radical (unpaired) electrons. The Morgan fingerprint density at radius 2 is 0.571 bits per heavy atom. The molecule has 0 N–H and O–H groups in total. The minimum atomic E-state index is 1.08. The van der Waals surface area contributed by atoms with Crippen LogP contribution in [-0.2, 0) is 0 Å². The van der Waals surface area contributed by atoms with E-state index in [9.17, 15) is 0 Å². The van der Waals surface area contributed by atoms with Crippen LogP contribution in [0, 0.1) is 0 Å². The van der Waals surface area contributed by atoms with Gasteiger partial charge in [-0.05, 0) is 98.8 Å². The molecule has 190 valence electrons. The van der Waals surface area contributed by atoms with Crippen LogP contribution in [0.5, 0.6) is 0 Å². The van der Waals surface area contributed by atoms with E-state index in [1.807, 2.05) is 39.4 Å². The van der Waals surface area contributed by atoms with Crippen molar-refractivity contribution in [3.63, 3.8) is 0 Å². The van der Waals surface area contributed by atoms with Crippen molar-refractivity contribution in [3.8, 4) is 0 Å². The molecular formula is C32H47N3. The molecule has 0 aromatic heterocycles. The molecule has 0 atom stereocenters. The van der Waals surface area contributed by atoms with Crippen LogP contribution >= 0.6 is 0 Å². The molecular weight excluding hydrogens is 426 g/mol. The maximum absolute atomic E-state index is 4.07. The van der Waals surface area contributed by atoms with Crippen LogP contribution < -0.4 is 0 Å². The highest BCUT2D eigenvalue weighted by Gasteiger charge is 1.99. The average molecular weight is 474 g/mol. The van der Waals surface area contributed by atoms with Crippen molar-refractivity contribution >= 4 is 17.1 Å². The topological polar surface area (TPSA) is 37.1 Å². The van der Waals surface area contributed by atoms with E-state index < -0.39 is 0 Å². The third kappa shape index (κ3) is 14.9. The first-order valence-corrected chi connectivity index (χ1v) is 12.7. The Kier molecular flexibility index (Phi) is 13.8. The minimum absolute atomic E-state index is 1.08. The molecule has 2 aliphatic carbocycles. The molecule has 0 aromatic rings. The first kappa shape index (κ1) is 30.2. The largest absolute Gasteiger partial charge is 0.266 e. The van der Waals surface area contributed by atoms with Gasteiger partial charge in [-0.25, -0.2) is 0 Å². The molecule has 35 heavy (non-hydrogen) atoms. The van der Waals surface area contributed by atoms with Gasteiger partial charge in [0.2, 0.25) is 0 Å². The van der Waals surface area contributed by atoms with E-state index in [1.54, 1.807) is 0 Å². The zero-order chi connectivity index (χ0) is 26.4. The first-order valence-electron chi connectivity index (χ1n) is 12.7.